The molecule has 4 heteroatoms. The van der Waals surface area contributed by atoms with Crippen molar-refractivity contribution in [2.24, 2.45) is 11.7 Å². The van der Waals surface area contributed by atoms with Gasteiger partial charge in [0.15, 0.2) is 0 Å². The van der Waals surface area contributed by atoms with E-state index in [0.29, 0.717) is 17.5 Å². The SMILES string of the molecule is CCOc1ccc(C(N)C2CCNCC2)cc1Cl. The van der Waals surface area contributed by atoms with Gasteiger partial charge in [0.25, 0.3) is 0 Å². The summed E-state index contributed by atoms with van der Waals surface area (Å²) in [6.45, 7) is 4.69. The molecule has 1 aromatic carbocycles. The number of ether oxygens (including phenoxy) is 1. The maximum atomic E-state index is 6.34. The maximum absolute atomic E-state index is 6.34. The van der Waals surface area contributed by atoms with Gasteiger partial charge in [0, 0.05) is 6.04 Å². The molecule has 0 bridgehead atoms. The topological polar surface area (TPSA) is 47.3 Å². The molecule has 3 nitrogen and oxygen atoms in total. The third-order valence-corrected chi connectivity index (χ3v) is 3.83. The van der Waals surface area contributed by atoms with Crippen molar-refractivity contribution in [1.29, 1.82) is 0 Å². The average molecular weight is 269 g/mol. The Morgan fingerprint density at radius 1 is 1.44 bits per heavy atom. The largest absolute Gasteiger partial charge is 0.492 e. The molecule has 1 fully saturated rings. The summed E-state index contributed by atoms with van der Waals surface area (Å²) in [6, 6.07) is 5.96. The summed E-state index contributed by atoms with van der Waals surface area (Å²) in [5, 5.41) is 4.01. The van der Waals surface area contributed by atoms with Crippen LogP contribution in [-0.4, -0.2) is 19.7 Å². The lowest BCUT2D eigenvalue weighted by molar-refractivity contribution is 0.321. The second-order valence-corrected chi connectivity index (χ2v) is 5.14. The van der Waals surface area contributed by atoms with Gasteiger partial charge >= 0.3 is 0 Å². The van der Waals surface area contributed by atoms with Crippen LogP contribution in [0, 0.1) is 5.92 Å². The van der Waals surface area contributed by atoms with E-state index in [4.69, 9.17) is 22.1 Å². The highest BCUT2D eigenvalue weighted by molar-refractivity contribution is 6.32. The first-order chi connectivity index (χ1) is 8.72. The second-order valence-electron chi connectivity index (χ2n) is 4.74. The van der Waals surface area contributed by atoms with E-state index in [2.05, 4.69) is 5.32 Å². The number of nitrogens with one attached hydrogen (secondary N) is 1. The molecule has 0 aliphatic carbocycles. The van der Waals surface area contributed by atoms with Crippen molar-refractivity contribution >= 4 is 11.6 Å². The van der Waals surface area contributed by atoms with Gasteiger partial charge in [0.2, 0.25) is 0 Å². The van der Waals surface area contributed by atoms with Crippen LogP contribution in [0.1, 0.15) is 31.4 Å². The molecule has 18 heavy (non-hydrogen) atoms. The Hall–Kier alpha value is -0.770. The Balaban J connectivity index is 2.10. The van der Waals surface area contributed by atoms with Gasteiger partial charge in [0.05, 0.1) is 11.6 Å². The molecular weight excluding hydrogens is 248 g/mol. The lowest BCUT2D eigenvalue weighted by Gasteiger charge is -2.28. The Morgan fingerprint density at radius 3 is 2.78 bits per heavy atom. The third-order valence-electron chi connectivity index (χ3n) is 3.53. The number of nitrogens with two attached hydrogens (primary N) is 1. The van der Waals surface area contributed by atoms with Crippen LogP contribution in [0.5, 0.6) is 5.75 Å². The lowest BCUT2D eigenvalue weighted by Crippen LogP contribution is -2.33. The minimum Gasteiger partial charge on any atom is -0.492 e. The fourth-order valence-corrected chi connectivity index (χ4v) is 2.72. The Morgan fingerprint density at radius 2 is 2.17 bits per heavy atom. The van der Waals surface area contributed by atoms with Crippen LogP contribution in [0.15, 0.2) is 18.2 Å². The predicted octanol–water partition coefficient (Wildman–Crippen LogP) is 2.74. The predicted molar refractivity (Wildman–Crippen MR) is 75.1 cm³/mol. The summed E-state index contributed by atoms with van der Waals surface area (Å²) in [5.74, 6) is 1.28. The maximum Gasteiger partial charge on any atom is 0.137 e. The molecule has 0 saturated carbocycles. The van der Waals surface area contributed by atoms with Crippen molar-refractivity contribution in [3.05, 3.63) is 28.8 Å². The van der Waals surface area contributed by atoms with Crippen LogP contribution < -0.4 is 15.8 Å². The lowest BCUT2D eigenvalue weighted by atomic mass is 9.86. The minimum absolute atomic E-state index is 0.0697. The van der Waals surface area contributed by atoms with Crippen LogP contribution in [0.3, 0.4) is 0 Å². The van der Waals surface area contributed by atoms with Crippen LogP contribution in [0.4, 0.5) is 0 Å². The number of hydrogen-bond donors (Lipinski definition) is 2. The Kier molecular flexibility index (Phi) is 4.87. The van der Waals surface area contributed by atoms with Gasteiger partial charge in [-0.15, -0.1) is 0 Å². The zero-order valence-corrected chi connectivity index (χ0v) is 11.5. The Bertz CT molecular complexity index is 391. The summed E-state index contributed by atoms with van der Waals surface area (Å²) >= 11 is 6.20. The van der Waals surface area contributed by atoms with Gasteiger partial charge in [0.1, 0.15) is 5.75 Å². The van der Waals surface area contributed by atoms with Crippen molar-refractivity contribution in [2.75, 3.05) is 19.7 Å². The number of piperidine rings is 1. The average Bonchev–Trinajstić information content (AvgIpc) is 2.41. The standard InChI is InChI=1S/C14H21ClN2O/c1-2-18-13-4-3-11(9-12(13)15)14(16)10-5-7-17-8-6-10/h3-4,9-10,14,17H,2,5-8,16H2,1H3. The molecule has 1 aliphatic rings. The van der Waals surface area contributed by atoms with E-state index in [-0.39, 0.29) is 6.04 Å². The van der Waals surface area contributed by atoms with Gasteiger partial charge in [-0.2, -0.15) is 0 Å². The molecule has 0 amide bonds. The summed E-state index contributed by atoms with van der Waals surface area (Å²) in [7, 11) is 0. The number of halogens is 1. The van der Waals surface area contributed by atoms with E-state index in [0.717, 1.165) is 37.2 Å². The Labute approximate surface area is 114 Å². The summed E-state index contributed by atoms with van der Waals surface area (Å²) < 4.78 is 5.43. The van der Waals surface area contributed by atoms with Gasteiger partial charge in [-0.05, 0) is 56.5 Å². The van der Waals surface area contributed by atoms with Crippen molar-refractivity contribution < 1.29 is 4.74 Å². The first-order valence-electron chi connectivity index (χ1n) is 6.61. The molecular formula is C14H21ClN2O. The first kappa shape index (κ1) is 13.7. The fraction of sp³-hybridized carbons (Fsp3) is 0.571. The zero-order chi connectivity index (χ0) is 13.0. The van der Waals surface area contributed by atoms with Gasteiger partial charge in [-0.1, -0.05) is 17.7 Å². The second kappa shape index (κ2) is 6.41. The van der Waals surface area contributed by atoms with Gasteiger partial charge in [-0.25, -0.2) is 0 Å². The van der Waals surface area contributed by atoms with E-state index in [9.17, 15) is 0 Å². The number of rotatable bonds is 4. The molecule has 3 N–H and O–H groups in total. The van der Waals surface area contributed by atoms with Crippen molar-refractivity contribution in [3.63, 3.8) is 0 Å². The van der Waals surface area contributed by atoms with Crippen LogP contribution in [0.25, 0.3) is 0 Å². The quantitative estimate of drug-likeness (QED) is 0.883. The number of benzene rings is 1. The van der Waals surface area contributed by atoms with Crippen LogP contribution in [-0.2, 0) is 0 Å². The van der Waals surface area contributed by atoms with E-state index in [1.54, 1.807) is 0 Å². The minimum atomic E-state index is 0.0697. The third kappa shape index (κ3) is 3.16. The highest BCUT2D eigenvalue weighted by Crippen LogP contribution is 2.32. The first-order valence-corrected chi connectivity index (χ1v) is 6.98. The molecule has 1 atom stereocenters. The van der Waals surface area contributed by atoms with E-state index >= 15 is 0 Å². The number of hydrogen-bond acceptors (Lipinski definition) is 3. The fourth-order valence-electron chi connectivity index (χ4n) is 2.47. The van der Waals surface area contributed by atoms with Gasteiger partial charge < -0.3 is 15.8 Å². The molecule has 0 aromatic heterocycles. The van der Waals surface area contributed by atoms with Crippen molar-refractivity contribution in [2.45, 2.75) is 25.8 Å². The molecule has 1 aliphatic heterocycles. The van der Waals surface area contributed by atoms with Crippen LogP contribution >= 0.6 is 11.6 Å². The molecule has 0 spiro atoms. The van der Waals surface area contributed by atoms with Crippen molar-refractivity contribution in [1.82, 2.24) is 5.32 Å². The molecule has 1 aromatic rings. The highest BCUT2D eigenvalue weighted by atomic mass is 35.5. The molecule has 1 heterocycles. The van der Waals surface area contributed by atoms with Crippen molar-refractivity contribution in [3.8, 4) is 5.75 Å². The smallest absolute Gasteiger partial charge is 0.137 e. The summed E-state index contributed by atoms with van der Waals surface area (Å²) in [4.78, 5) is 0. The van der Waals surface area contributed by atoms with E-state index in [1.165, 1.54) is 0 Å². The molecule has 1 saturated heterocycles. The van der Waals surface area contributed by atoms with Gasteiger partial charge in [-0.3, -0.25) is 0 Å². The highest BCUT2D eigenvalue weighted by Gasteiger charge is 2.22. The van der Waals surface area contributed by atoms with Crippen LogP contribution in [0.2, 0.25) is 5.02 Å². The summed E-state index contributed by atoms with van der Waals surface area (Å²) in [5.41, 5.74) is 7.44. The molecule has 100 valence electrons. The molecule has 1 unspecified atom stereocenters. The summed E-state index contributed by atoms with van der Waals surface area (Å²) in [6.07, 6.45) is 2.26. The normalized spacial score (nSPS) is 18.6. The zero-order valence-electron chi connectivity index (χ0n) is 10.8. The van der Waals surface area contributed by atoms with E-state index < -0.39 is 0 Å². The monoisotopic (exact) mass is 268 g/mol. The van der Waals surface area contributed by atoms with E-state index in [1.807, 2.05) is 25.1 Å². The molecule has 2 rings (SSSR count). The molecule has 0 radical (unpaired) electrons.